The summed E-state index contributed by atoms with van der Waals surface area (Å²) < 4.78 is 1.89. The average molecular weight is 338 g/mol. The maximum absolute atomic E-state index is 4.35. The van der Waals surface area contributed by atoms with Crippen LogP contribution in [0.1, 0.15) is 61.9 Å². The zero-order valence-corrected chi connectivity index (χ0v) is 16.0. The zero-order valence-electron chi connectivity index (χ0n) is 16.0. The van der Waals surface area contributed by atoms with Gasteiger partial charge in [0.15, 0.2) is 0 Å². The lowest BCUT2D eigenvalue weighted by atomic mass is 9.80. The number of anilines is 1. The number of hydrogen-bond donors (Lipinski definition) is 1. The van der Waals surface area contributed by atoms with Crippen LogP contribution in [-0.2, 0) is 25.4 Å². The van der Waals surface area contributed by atoms with E-state index in [2.05, 4.69) is 54.4 Å². The van der Waals surface area contributed by atoms with Gasteiger partial charge in [-0.05, 0) is 53.5 Å². The molecule has 2 aliphatic heterocycles. The quantitative estimate of drug-likeness (QED) is 0.906. The molecular formula is C21H30N4. The normalized spacial score (nSPS) is 20.8. The van der Waals surface area contributed by atoms with E-state index in [1.807, 2.05) is 17.9 Å². The third-order valence-corrected chi connectivity index (χ3v) is 5.73. The first-order valence-corrected chi connectivity index (χ1v) is 9.55. The van der Waals surface area contributed by atoms with E-state index in [9.17, 15) is 0 Å². The van der Waals surface area contributed by atoms with Crippen molar-refractivity contribution in [2.45, 2.75) is 58.0 Å². The molecule has 4 nitrogen and oxygen atoms in total. The average Bonchev–Trinajstić information content (AvgIpc) is 3.24. The van der Waals surface area contributed by atoms with Gasteiger partial charge in [0.1, 0.15) is 0 Å². The summed E-state index contributed by atoms with van der Waals surface area (Å²) in [6, 6.07) is 5.48. The molecule has 1 saturated heterocycles. The Morgan fingerprint density at radius 1 is 1.24 bits per heavy atom. The Morgan fingerprint density at radius 3 is 2.72 bits per heavy atom. The molecule has 1 fully saturated rings. The third-order valence-electron chi connectivity index (χ3n) is 5.73. The maximum atomic E-state index is 4.35. The van der Waals surface area contributed by atoms with Crippen molar-refractivity contribution in [3.63, 3.8) is 0 Å². The van der Waals surface area contributed by atoms with Crippen molar-refractivity contribution < 1.29 is 0 Å². The number of aromatic nitrogens is 2. The predicted octanol–water partition coefficient (Wildman–Crippen LogP) is 3.70. The molecule has 4 heteroatoms. The number of hydrogen-bond acceptors (Lipinski definition) is 3. The van der Waals surface area contributed by atoms with E-state index in [0.717, 1.165) is 26.1 Å². The van der Waals surface area contributed by atoms with Crippen LogP contribution in [0, 0.1) is 0 Å². The lowest BCUT2D eigenvalue weighted by Gasteiger charge is -2.34. The molecule has 0 saturated carbocycles. The third kappa shape index (κ3) is 3.20. The van der Waals surface area contributed by atoms with Crippen LogP contribution < -0.4 is 10.2 Å². The molecule has 2 aliphatic rings. The van der Waals surface area contributed by atoms with Crippen LogP contribution in [0.15, 0.2) is 24.5 Å². The highest BCUT2D eigenvalue weighted by atomic mass is 15.3. The van der Waals surface area contributed by atoms with Gasteiger partial charge in [-0.1, -0.05) is 32.9 Å². The fraction of sp³-hybridized carbons (Fsp3) is 0.571. The predicted molar refractivity (Wildman–Crippen MR) is 103 cm³/mol. The molecule has 0 radical (unpaired) electrons. The van der Waals surface area contributed by atoms with E-state index in [-0.39, 0.29) is 5.41 Å². The van der Waals surface area contributed by atoms with Crippen molar-refractivity contribution in [3.8, 4) is 0 Å². The van der Waals surface area contributed by atoms with E-state index in [4.69, 9.17) is 0 Å². The van der Waals surface area contributed by atoms with Crippen molar-refractivity contribution in [3.05, 3.63) is 46.8 Å². The maximum Gasteiger partial charge on any atom is 0.0755 e. The molecule has 4 rings (SSSR count). The summed E-state index contributed by atoms with van der Waals surface area (Å²) in [5.74, 6) is 0. The lowest BCUT2D eigenvalue weighted by molar-refractivity contribution is 0.576. The SMILES string of the molecule is Cn1cc(N2CCc3c(cc(C(C)(C)C)cc3[C@@H]3CCCN3)C2)cn1. The van der Waals surface area contributed by atoms with Gasteiger partial charge >= 0.3 is 0 Å². The zero-order chi connectivity index (χ0) is 17.6. The Labute approximate surface area is 151 Å². The van der Waals surface area contributed by atoms with Crippen LogP contribution in [0.5, 0.6) is 0 Å². The smallest absolute Gasteiger partial charge is 0.0755 e. The first kappa shape index (κ1) is 16.6. The van der Waals surface area contributed by atoms with Gasteiger partial charge < -0.3 is 10.2 Å². The second-order valence-electron chi connectivity index (χ2n) is 8.65. The molecular weight excluding hydrogens is 308 g/mol. The molecule has 2 aromatic rings. The Hall–Kier alpha value is -1.81. The van der Waals surface area contributed by atoms with Crippen LogP contribution in [0.2, 0.25) is 0 Å². The number of rotatable bonds is 2. The first-order chi connectivity index (χ1) is 11.9. The van der Waals surface area contributed by atoms with Crippen LogP contribution in [-0.4, -0.2) is 22.9 Å². The Kier molecular flexibility index (Phi) is 4.11. The molecule has 1 aromatic heterocycles. The molecule has 3 heterocycles. The van der Waals surface area contributed by atoms with Gasteiger partial charge in [0.2, 0.25) is 0 Å². The van der Waals surface area contributed by atoms with Gasteiger partial charge in [0.05, 0.1) is 11.9 Å². The van der Waals surface area contributed by atoms with Crippen LogP contribution >= 0.6 is 0 Å². The van der Waals surface area contributed by atoms with Gasteiger partial charge in [0, 0.05) is 32.4 Å². The topological polar surface area (TPSA) is 33.1 Å². The van der Waals surface area contributed by atoms with Gasteiger partial charge in [-0.2, -0.15) is 5.10 Å². The van der Waals surface area contributed by atoms with Crippen molar-refractivity contribution >= 4 is 5.69 Å². The highest BCUT2D eigenvalue weighted by Crippen LogP contribution is 2.36. The molecule has 1 atom stereocenters. The molecule has 0 unspecified atom stereocenters. The molecule has 25 heavy (non-hydrogen) atoms. The number of benzene rings is 1. The Bertz CT molecular complexity index is 763. The summed E-state index contributed by atoms with van der Waals surface area (Å²) in [6.07, 6.45) is 7.80. The molecule has 0 aliphatic carbocycles. The van der Waals surface area contributed by atoms with Crippen molar-refractivity contribution in [2.75, 3.05) is 18.0 Å². The molecule has 134 valence electrons. The van der Waals surface area contributed by atoms with E-state index >= 15 is 0 Å². The monoisotopic (exact) mass is 338 g/mol. The van der Waals surface area contributed by atoms with Crippen LogP contribution in [0.4, 0.5) is 5.69 Å². The minimum Gasteiger partial charge on any atom is -0.364 e. The number of nitrogens with one attached hydrogen (secondary N) is 1. The summed E-state index contributed by atoms with van der Waals surface area (Å²) in [6.45, 7) is 10.2. The Morgan fingerprint density at radius 2 is 2.08 bits per heavy atom. The summed E-state index contributed by atoms with van der Waals surface area (Å²) in [5, 5.41) is 8.07. The van der Waals surface area contributed by atoms with Crippen LogP contribution in [0.3, 0.4) is 0 Å². The largest absolute Gasteiger partial charge is 0.364 e. The number of nitrogens with zero attached hydrogens (tertiary/aromatic N) is 3. The van der Waals surface area contributed by atoms with Gasteiger partial charge in [0.25, 0.3) is 0 Å². The van der Waals surface area contributed by atoms with Gasteiger partial charge in [-0.3, -0.25) is 4.68 Å². The van der Waals surface area contributed by atoms with Crippen molar-refractivity contribution in [2.24, 2.45) is 7.05 Å². The number of fused-ring (bicyclic) bond motifs is 1. The standard InChI is InChI=1S/C21H30N4/c1-21(2,3)16-10-15-13-25(17-12-23-24(4)14-17)9-7-18(15)19(11-16)20-6-5-8-22-20/h10-12,14,20,22H,5-9,13H2,1-4H3/t20-/m0/s1. The van der Waals surface area contributed by atoms with E-state index in [0.29, 0.717) is 6.04 Å². The fourth-order valence-corrected chi connectivity index (χ4v) is 4.22. The second-order valence-corrected chi connectivity index (χ2v) is 8.65. The highest BCUT2D eigenvalue weighted by molar-refractivity contribution is 5.51. The van der Waals surface area contributed by atoms with E-state index in [1.165, 1.54) is 29.7 Å². The van der Waals surface area contributed by atoms with E-state index in [1.54, 1.807) is 11.1 Å². The van der Waals surface area contributed by atoms with Gasteiger partial charge in [-0.15, -0.1) is 0 Å². The van der Waals surface area contributed by atoms with Crippen molar-refractivity contribution in [1.29, 1.82) is 0 Å². The summed E-state index contributed by atoms with van der Waals surface area (Å²) >= 11 is 0. The lowest BCUT2D eigenvalue weighted by Crippen LogP contribution is -2.32. The molecule has 1 aromatic carbocycles. The fourth-order valence-electron chi connectivity index (χ4n) is 4.22. The van der Waals surface area contributed by atoms with Crippen LogP contribution in [0.25, 0.3) is 0 Å². The molecule has 0 amide bonds. The molecule has 0 bridgehead atoms. The minimum atomic E-state index is 0.180. The first-order valence-electron chi connectivity index (χ1n) is 9.55. The second kappa shape index (κ2) is 6.17. The summed E-state index contributed by atoms with van der Waals surface area (Å²) in [5.41, 5.74) is 7.53. The van der Waals surface area contributed by atoms with E-state index < -0.39 is 0 Å². The van der Waals surface area contributed by atoms with Crippen molar-refractivity contribution in [1.82, 2.24) is 15.1 Å². The molecule has 0 spiro atoms. The summed E-state index contributed by atoms with van der Waals surface area (Å²) in [7, 11) is 1.99. The highest BCUT2D eigenvalue weighted by Gasteiger charge is 2.28. The van der Waals surface area contributed by atoms with Gasteiger partial charge in [-0.25, -0.2) is 0 Å². The summed E-state index contributed by atoms with van der Waals surface area (Å²) in [4.78, 5) is 2.47. The Balaban J connectivity index is 1.74. The molecule has 1 N–H and O–H groups in total. The number of aryl methyl sites for hydroxylation is 1. The minimum absolute atomic E-state index is 0.180.